The largest absolute Gasteiger partial charge is 0.353 e. The molecule has 1 aliphatic carbocycles. The van der Waals surface area contributed by atoms with Gasteiger partial charge in [-0.15, -0.1) is 0 Å². The fourth-order valence-electron chi connectivity index (χ4n) is 2.87. The molecule has 23 heavy (non-hydrogen) atoms. The highest BCUT2D eigenvalue weighted by Crippen LogP contribution is 2.51. The van der Waals surface area contributed by atoms with Crippen LogP contribution in [0.4, 0.5) is 13.5 Å². The predicted octanol–water partition coefficient (Wildman–Crippen LogP) is 3.09. The molecule has 7 heteroatoms. The van der Waals surface area contributed by atoms with Crippen LogP contribution in [-0.4, -0.2) is 34.9 Å². The lowest BCUT2D eigenvalue weighted by Crippen LogP contribution is -2.51. The lowest BCUT2D eigenvalue weighted by atomic mass is 10.0. The Morgan fingerprint density at radius 3 is 2.78 bits per heavy atom. The summed E-state index contributed by atoms with van der Waals surface area (Å²) < 4.78 is 32.9. The third-order valence-corrected chi connectivity index (χ3v) is 4.42. The van der Waals surface area contributed by atoms with E-state index in [1.54, 1.807) is 12.3 Å². The molecular formula is C16H21F3N2O2. The first kappa shape index (κ1) is 17.7. The fraction of sp³-hybridized carbons (Fsp3) is 0.625. The predicted molar refractivity (Wildman–Crippen MR) is 78.8 cm³/mol. The second-order valence-electron chi connectivity index (χ2n) is 6.42. The van der Waals surface area contributed by atoms with Crippen molar-refractivity contribution in [3.8, 4) is 0 Å². The van der Waals surface area contributed by atoms with Crippen LogP contribution in [0, 0.1) is 5.41 Å². The van der Waals surface area contributed by atoms with Crippen LogP contribution >= 0.6 is 0 Å². The molecule has 1 aliphatic heterocycles. The Labute approximate surface area is 133 Å². The lowest BCUT2D eigenvalue weighted by Gasteiger charge is -2.41. The number of pyridine rings is 1. The van der Waals surface area contributed by atoms with Gasteiger partial charge in [0.15, 0.2) is 6.23 Å². The van der Waals surface area contributed by atoms with Gasteiger partial charge in [0, 0.05) is 36.3 Å². The number of aryl methyl sites for hydroxylation is 1. The molecular weight excluding hydrogens is 309 g/mol. The number of hydrogen-bond donors (Lipinski definition) is 0. The molecule has 1 saturated heterocycles. The standard InChI is InChI=1S/C16H20F2N2O2.FH/c1-3-12-8-11(4-7-19-12)13-20(14(21)15(2,17)18)9-16(5-6-16)10-22-13;/h4,7-8,13H,3,5-6,9-10H2,1-2H3;1H. The van der Waals surface area contributed by atoms with Gasteiger partial charge in [-0.3, -0.25) is 14.5 Å². The number of rotatable bonds is 3. The Bertz CT molecular complexity index is 585. The maximum Gasteiger partial charge on any atom is 0.322 e. The van der Waals surface area contributed by atoms with Crippen molar-refractivity contribution in [2.75, 3.05) is 13.2 Å². The normalized spacial score (nSPS) is 22.6. The molecule has 128 valence electrons. The Kier molecular flexibility index (Phi) is 4.71. The van der Waals surface area contributed by atoms with Crippen molar-refractivity contribution in [3.63, 3.8) is 0 Å². The molecule has 0 aromatic carbocycles. The van der Waals surface area contributed by atoms with Gasteiger partial charge in [0.05, 0.1) is 6.61 Å². The van der Waals surface area contributed by atoms with Gasteiger partial charge in [-0.05, 0) is 31.4 Å². The summed E-state index contributed by atoms with van der Waals surface area (Å²) in [6.45, 7) is 3.46. The zero-order valence-electron chi connectivity index (χ0n) is 13.2. The van der Waals surface area contributed by atoms with Crippen LogP contribution in [0.1, 0.15) is 44.2 Å². The quantitative estimate of drug-likeness (QED) is 0.855. The molecule has 1 aromatic rings. The van der Waals surface area contributed by atoms with Crippen LogP contribution < -0.4 is 0 Å². The molecule has 1 amide bonds. The smallest absolute Gasteiger partial charge is 0.322 e. The van der Waals surface area contributed by atoms with Crippen molar-refractivity contribution in [1.29, 1.82) is 0 Å². The summed E-state index contributed by atoms with van der Waals surface area (Å²) in [7, 11) is 0. The summed E-state index contributed by atoms with van der Waals surface area (Å²) in [6.07, 6.45) is 3.47. The van der Waals surface area contributed by atoms with E-state index in [1.807, 2.05) is 13.0 Å². The molecule has 2 heterocycles. The average molecular weight is 330 g/mol. The number of amides is 1. The maximum absolute atomic E-state index is 13.5. The Morgan fingerprint density at radius 2 is 2.22 bits per heavy atom. The first-order valence-corrected chi connectivity index (χ1v) is 7.60. The molecule has 1 aromatic heterocycles. The molecule has 2 aliphatic rings. The summed E-state index contributed by atoms with van der Waals surface area (Å²) in [5.74, 6) is -4.56. The first-order chi connectivity index (χ1) is 10.3. The van der Waals surface area contributed by atoms with Gasteiger partial charge in [0.1, 0.15) is 0 Å². The maximum atomic E-state index is 13.5. The van der Waals surface area contributed by atoms with E-state index in [1.165, 1.54) is 4.90 Å². The molecule has 1 unspecified atom stereocenters. The van der Waals surface area contributed by atoms with Crippen LogP contribution in [0.5, 0.6) is 0 Å². The number of aromatic nitrogens is 1. The van der Waals surface area contributed by atoms with E-state index in [9.17, 15) is 13.6 Å². The van der Waals surface area contributed by atoms with E-state index in [-0.39, 0.29) is 10.1 Å². The third kappa shape index (κ3) is 3.49. The number of ether oxygens (including phenoxy) is 1. The number of carbonyl (C=O) groups excluding carboxylic acids is 1. The van der Waals surface area contributed by atoms with Crippen LogP contribution in [0.2, 0.25) is 0 Å². The van der Waals surface area contributed by atoms with E-state index in [4.69, 9.17) is 4.74 Å². The molecule has 4 nitrogen and oxygen atoms in total. The number of hydrogen-bond acceptors (Lipinski definition) is 3. The van der Waals surface area contributed by atoms with Crippen molar-refractivity contribution in [3.05, 3.63) is 29.6 Å². The van der Waals surface area contributed by atoms with Crippen LogP contribution in [-0.2, 0) is 16.0 Å². The highest BCUT2D eigenvalue weighted by atomic mass is 19.3. The summed E-state index contributed by atoms with van der Waals surface area (Å²) >= 11 is 0. The Morgan fingerprint density at radius 1 is 1.52 bits per heavy atom. The Hall–Kier alpha value is -1.63. The second kappa shape index (κ2) is 6.11. The number of alkyl halides is 2. The SMILES string of the molecule is CCc1cc(C2OCC3(CC3)CN2C(=O)C(C)(F)F)ccn1.F. The number of nitrogens with zero attached hydrogens (tertiary/aromatic N) is 2. The summed E-state index contributed by atoms with van der Waals surface area (Å²) in [6, 6.07) is 3.55. The van der Waals surface area contributed by atoms with E-state index in [0.29, 0.717) is 25.6 Å². The van der Waals surface area contributed by atoms with Crippen molar-refractivity contribution in [2.24, 2.45) is 5.41 Å². The van der Waals surface area contributed by atoms with Gasteiger partial charge in [0.2, 0.25) is 0 Å². The zero-order chi connectivity index (χ0) is 16.0. The average Bonchev–Trinajstić information content (AvgIpc) is 3.24. The molecule has 0 radical (unpaired) electrons. The molecule has 0 N–H and O–H groups in total. The van der Waals surface area contributed by atoms with Gasteiger partial charge < -0.3 is 9.64 Å². The monoisotopic (exact) mass is 330 g/mol. The minimum absolute atomic E-state index is 0. The van der Waals surface area contributed by atoms with Gasteiger partial charge in [-0.25, -0.2) is 0 Å². The molecule has 1 atom stereocenters. The number of halogens is 3. The van der Waals surface area contributed by atoms with E-state index < -0.39 is 18.1 Å². The van der Waals surface area contributed by atoms with E-state index in [0.717, 1.165) is 25.0 Å². The topological polar surface area (TPSA) is 42.4 Å². The molecule has 2 fully saturated rings. The number of carbonyl (C=O) groups is 1. The zero-order valence-corrected chi connectivity index (χ0v) is 13.2. The van der Waals surface area contributed by atoms with E-state index >= 15 is 0 Å². The van der Waals surface area contributed by atoms with Crippen molar-refractivity contribution >= 4 is 5.91 Å². The Balaban J connectivity index is 0.00000192. The highest BCUT2D eigenvalue weighted by molar-refractivity contribution is 5.83. The molecule has 1 spiro atoms. The third-order valence-electron chi connectivity index (χ3n) is 4.42. The van der Waals surface area contributed by atoms with Gasteiger partial charge in [0.25, 0.3) is 5.91 Å². The fourth-order valence-corrected chi connectivity index (χ4v) is 2.87. The van der Waals surface area contributed by atoms with Crippen molar-refractivity contribution < 1.29 is 23.0 Å². The minimum Gasteiger partial charge on any atom is -0.353 e. The lowest BCUT2D eigenvalue weighted by molar-refractivity contribution is -0.186. The second-order valence-corrected chi connectivity index (χ2v) is 6.42. The van der Waals surface area contributed by atoms with E-state index in [2.05, 4.69) is 4.98 Å². The van der Waals surface area contributed by atoms with Crippen LogP contribution in [0.15, 0.2) is 18.3 Å². The minimum atomic E-state index is -3.39. The van der Waals surface area contributed by atoms with Crippen molar-refractivity contribution in [2.45, 2.75) is 45.3 Å². The first-order valence-electron chi connectivity index (χ1n) is 7.60. The van der Waals surface area contributed by atoms with Gasteiger partial charge in [-0.2, -0.15) is 8.78 Å². The highest BCUT2D eigenvalue weighted by Gasteiger charge is 2.53. The summed E-state index contributed by atoms with van der Waals surface area (Å²) in [4.78, 5) is 17.6. The molecule has 3 rings (SSSR count). The van der Waals surface area contributed by atoms with Crippen molar-refractivity contribution in [1.82, 2.24) is 9.88 Å². The summed E-state index contributed by atoms with van der Waals surface area (Å²) in [5.41, 5.74) is 1.45. The van der Waals surface area contributed by atoms with Gasteiger partial charge in [-0.1, -0.05) is 6.92 Å². The molecule has 1 saturated carbocycles. The summed E-state index contributed by atoms with van der Waals surface area (Å²) in [5, 5.41) is 0. The molecule has 0 bridgehead atoms. The van der Waals surface area contributed by atoms with Gasteiger partial charge >= 0.3 is 5.92 Å². The van der Waals surface area contributed by atoms with Crippen LogP contribution in [0.25, 0.3) is 0 Å². The van der Waals surface area contributed by atoms with Crippen LogP contribution in [0.3, 0.4) is 0 Å².